The van der Waals surface area contributed by atoms with Gasteiger partial charge in [0.1, 0.15) is 0 Å². The third-order valence-corrected chi connectivity index (χ3v) is 5.92. The van der Waals surface area contributed by atoms with Crippen LogP contribution in [0.5, 0.6) is 0 Å². The highest BCUT2D eigenvalue weighted by Crippen LogP contribution is 2.39. The van der Waals surface area contributed by atoms with Gasteiger partial charge in [-0.1, -0.05) is 39.5 Å². The van der Waals surface area contributed by atoms with Gasteiger partial charge < -0.3 is 5.73 Å². The highest BCUT2D eigenvalue weighted by molar-refractivity contribution is 4.96. The highest BCUT2D eigenvalue weighted by Gasteiger charge is 2.39. The minimum atomic E-state index is 0.306. The fourth-order valence-electron chi connectivity index (χ4n) is 4.79. The lowest BCUT2D eigenvalue weighted by Gasteiger charge is -2.48. The molecule has 0 aromatic carbocycles. The second-order valence-corrected chi connectivity index (χ2v) is 8.05. The smallest absolute Gasteiger partial charge is 0.0331 e. The lowest BCUT2D eigenvalue weighted by molar-refractivity contribution is 0.0410. The van der Waals surface area contributed by atoms with Crippen LogP contribution in [-0.4, -0.2) is 30.6 Å². The third kappa shape index (κ3) is 3.98. The van der Waals surface area contributed by atoms with Crippen LogP contribution in [0.4, 0.5) is 0 Å². The van der Waals surface area contributed by atoms with Gasteiger partial charge >= 0.3 is 0 Å². The van der Waals surface area contributed by atoms with Gasteiger partial charge in [0, 0.05) is 18.6 Å². The molecule has 0 aromatic rings. The zero-order valence-electron chi connectivity index (χ0n) is 14.0. The Morgan fingerprint density at radius 3 is 2.35 bits per heavy atom. The average Bonchev–Trinajstić information content (AvgIpc) is 2.91. The largest absolute Gasteiger partial charge is 0.329 e. The molecule has 20 heavy (non-hydrogen) atoms. The van der Waals surface area contributed by atoms with Crippen LogP contribution in [0.2, 0.25) is 0 Å². The molecule has 118 valence electrons. The van der Waals surface area contributed by atoms with E-state index >= 15 is 0 Å². The molecule has 2 unspecified atom stereocenters. The maximum absolute atomic E-state index is 6.26. The first kappa shape index (κ1) is 16.3. The predicted octanol–water partition coefficient (Wildman–Crippen LogP) is 4.04. The van der Waals surface area contributed by atoms with E-state index < -0.39 is 0 Å². The van der Waals surface area contributed by atoms with Crippen molar-refractivity contribution in [1.82, 2.24) is 4.90 Å². The van der Waals surface area contributed by atoms with Crippen LogP contribution >= 0.6 is 0 Å². The molecule has 2 N–H and O–H groups in total. The number of nitrogens with two attached hydrogens (primary N) is 1. The number of likely N-dealkylation sites (N-methyl/N-ethyl adjacent to an activating group) is 1. The molecule has 0 aliphatic heterocycles. The van der Waals surface area contributed by atoms with Gasteiger partial charge in [-0.15, -0.1) is 0 Å². The van der Waals surface area contributed by atoms with Gasteiger partial charge in [-0.05, 0) is 56.9 Å². The van der Waals surface area contributed by atoms with Crippen molar-refractivity contribution in [2.24, 2.45) is 23.5 Å². The molecule has 2 fully saturated rings. The Kier molecular flexibility index (Phi) is 5.92. The Labute approximate surface area is 126 Å². The molecule has 0 radical (unpaired) electrons. The van der Waals surface area contributed by atoms with Crippen LogP contribution in [0, 0.1) is 17.8 Å². The van der Waals surface area contributed by atoms with Crippen molar-refractivity contribution in [3.8, 4) is 0 Å². The summed E-state index contributed by atoms with van der Waals surface area (Å²) in [6.07, 6.45) is 12.6. The Balaban J connectivity index is 1.95. The fraction of sp³-hybridized carbons (Fsp3) is 1.00. The molecule has 0 aromatic heterocycles. The van der Waals surface area contributed by atoms with E-state index in [0.717, 1.165) is 24.3 Å². The lowest BCUT2D eigenvalue weighted by Crippen LogP contribution is -2.55. The second-order valence-electron chi connectivity index (χ2n) is 8.05. The molecule has 2 aliphatic carbocycles. The van der Waals surface area contributed by atoms with E-state index in [0.29, 0.717) is 5.54 Å². The quantitative estimate of drug-likeness (QED) is 0.795. The zero-order valence-corrected chi connectivity index (χ0v) is 14.0. The molecule has 0 saturated heterocycles. The van der Waals surface area contributed by atoms with Crippen LogP contribution < -0.4 is 5.73 Å². The van der Waals surface area contributed by atoms with E-state index in [9.17, 15) is 0 Å². The Morgan fingerprint density at radius 1 is 1.10 bits per heavy atom. The van der Waals surface area contributed by atoms with E-state index in [1.165, 1.54) is 64.3 Å². The molecule has 0 bridgehead atoms. The Morgan fingerprint density at radius 2 is 1.75 bits per heavy atom. The summed E-state index contributed by atoms with van der Waals surface area (Å²) in [5, 5.41) is 0. The molecule has 2 rings (SSSR count). The summed E-state index contributed by atoms with van der Waals surface area (Å²) >= 11 is 0. The van der Waals surface area contributed by atoms with Gasteiger partial charge in [-0.25, -0.2) is 0 Å². The summed E-state index contributed by atoms with van der Waals surface area (Å²) in [6.45, 7) is 6.86. The molecule has 0 spiro atoms. The number of rotatable bonds is 6. The molecule has 0 amide bonds. The SMILES string of the molecule is CC(C)CC1CCCC(CN)(N(C)CC2CCCC2)C1. The van der Waals surface area contributed by atoms with E-state index in [-0.39, 0.29) is 0 Å². The van der Waals surface area contributed by atoms with Crippen molar-refractivity contribution in [3.63, 3.8) is 0 Å². The summed E-state index contributed by atoms with van der Waals surface area (Å²) < 4.78 is 0. The number of nitrogens with zero attached hydrogens (tertiary/aromatic N) is 1. The van der Waals surface area contributed by atoms with Crippen LogP contribution in [0.1, 0.15) is 71.6 Å². The van der Waals surface area contributed by atoms with E-state index in [1.807, 2.05) is 0 Å². The maximum Gasteiger partial charge on any atom is 0.0331 e. The van der Waals surface area contributed by atoms with Crippen LogP contribution in [0.25, 0.3) is 0 Å². The minimum Gasteiger partial charge on any atom is -0.329 e. The number of hydrogen-bond acceptors (Lipinski definition) is 2. The van der Waals surface area contributed by atoms with Gasteiger partial charge in [-0.3, -0.25) is 4.90 Å². The summed E-state index contributed by atoms with van der Waals surface area (Å²) in [7, 11) is 2.35. The fourth-order valence-corrected chi connectivity index (χ4v) is 4.79. The van der Waals surface area contributed by atoms with Gasteiger partial charge in [-0.2, -0.15) is 0 Å². The first-order valence-electron chi connectivity index (χ1n) is 8.97. The van der Waals surface area contributed by atoms with E-state index in [4.69, 9.17) is 5.73 Å². The Bertz CT molecular complexity index is 283. The average molecular weight is 280 g/mol. The van der Waals surface area contributed by atoms with Crippen molar-refractivity contribution in [2.75, 3.05) is 20.1 Å². The van der Waals surface area contributed by atoms with Gasteiger partial charge in [0.15, 0.2) is 0 Å². The molecule has 2 nitrogen and oxygen atoms in total. The highest BCUT2D eigenvalue weighted by atomic mass is 15.2. The maximum atomic E-state index is 6.26. The van der Waals surface area contributed by atoms with E-state index in [1.54, 1.807) is 0 Å². The second kappa shape index (κ2) is 7.26. The zero-order chi connectivity index (χ0) is 14.6. The van der Waals surface area contributed by atoms with Crippen LogP contribution in [0.15, 0.2) is 0 Å². The van der Waals surface area contributed by atoms with Crippen molar-refractivity contribution in [2.45, 2.75) is 77.2 Å². The van der Waals surface area contributed by atoms with Crippen LogP contribution in [0.3, 0.4) is 0 Å². The topological polar surface area (TPSA) is 29.3 Å². The molecule has 2 atom stereocenters. The first-order valence-corrected chi connectivity index (χ1v) is 8.97. The van der Waals surface area contributed by atoms with Crippen molar-refractivity contribution < 1.29 is 0 Å². The molecule has 2 saturated carbocycles. The standard InChI is InChI=1S/C18H36N2/c1-15(2)11-17-9-6-10-18(12-17,14-19)20(3)13-16-7-4-5-8-16/h15-17H,4-14,19H2,1-3H3. The van der Waals surface area contributed by atoms with Gasteiger partial charge in [0.25, 0.3) is 0 Å². The van der Waals surface area contributed by atoms with Crippen LogP contribution in [-0.2, 0) is 0 Å². The number of hydrogen-bond donors (Lipinski definition) is 1. The molecular formula is C18H36N2. The van der Waals surface area contributed by atoms with Crippen molar-refractivity contribution >= 4 is 0 Å². The molecule has 2 heteroatoms. The lowest BCUT2D eigenvalue weighted by atomic mass is 9.72. The van der Waals surface area contributed by atoms with Gasteiger partial charge in [0.05, 0.1) is 0 Å². The molecule has 0 heterocycles. The summed E-state index contributed by atoms with van der Waals surface area (Å²) in [5.41, 5.74) is 6.57. The minimum absolute atomic E-state index is 0.306. The van der Waals surface area contributed by atoms with Crippen molar-refractivity contribution in [1.29, 1.82) is 0 Å². The summed E-state index contributed by atoms with van der Waals surface area (Å²) in [6, 6.07) is 0. The normalized spacial score (nSPS) is 32.4. The molecular weight excluding hydrogens is 244 g/mol. The predicted molar refractivity (Wildman–Crippen MR) is 87.8 cm³/mol. The monoisotopic (exact) mass is 280 g/mol. The molecule has 2 aliphatic rings. The van der Waals surface area contributed by atoms with Crippen molar-refractivity contribution in [3.05, 3.63) is 0 Å². The van der Waals surface area contributed by atoms with E-state index in [2.05, 4.69) is 25.8 Å². The summed E-state index contributed by atoms with van der Waals surface area (Å²) in [4.78, 5) is 2.66. The Hall–Kier alpha value is -0.0800. The first-order chi connectivity index (χ1) is 9.55. The summed E-state index contributed by atoms with van der Waals surface area (Å²) in [5.74, 6) is 2.67. The third-order valence-electron chi connectivity index (χ3n) is 5.92. The van der Waals surface area contributed by atoms with Gasteiger partial charge in [0.2, 0.25) is 0 Å².